The van der Waals surface area contributed by atoms with Crippen LogP contribution in [0, 0.1) is 0 Å². The van der Waals surface area contributed by atoms with E-state index >= 15 is 0 Å². The van der Waals surface area contributed by atoms with Crippen molar-refractivity contribution in [2.24, 2.45) is 0 Å². The number of ether oxygens (including phenoxy) is 2. The molecule has 0 saturated carbocycles. The fraction of sp³-hybridized carbons (Fsp3) is 0.261. The molecule has 7 heteroatoms. The quantitative estimate of drug-likeness (QED) is 0.433. The van der Waals surface area contributed by atoms with Gasteiger partial charge >= 0.3 is 5.97 Å². The summed E-state index contributed by atoms with van der Waals surface area (Å²) in [7, 11) is 2.99. The van der Waals surface area contributed by atoms with E-state index in [1.165, 1.54) is 7.11 Å². The van der Waals surface area contributed by atoms with Gasteiger partial charge in [0.2, 0.25) is 0 Å². The zero-order valence-electron chi connectivity index (χ0n) is 17.1. The maximum Gasteiger partial charge on any atom is 0.305 e. The van der Waals surface area contributed by atoms with Crippen LogP contribution < -0.4 is 10.1 Å². The third kappa shape index (κ3) is 5.26. The normalized spacial score (nSPS) is 10.5. The van der Waals surface area contributed by atoms with Gasteiger partial charge < -0.3 is 14.8 Å². The number of nitrogens with zero attached hydrogens (tertiary/aromatic N) is 2. The van der Waals surface area contributed by atoms with Gasteiger partial charge in [0.1, 0.15) is 5.75 Å². The second kappa shape index (κ2) is 10.2. The summed E-state index contributed by atoms with van der Waals surface area (Å²) in [5.41, 5.74) is 2.92. The number of unbranched alkanes of at least 4 members (excludes halogenated alkanes) is 1. The van der Waals surface area contributed by atoms with Crippen molar-refractivity contribution in [3.05, 3.63) is 66.4 Å². The number of benzene rings is 2. The zero-order chi connectivity index (χ0) is 21.3. The van der Waals surface area contributed by atoms with Crippen molar-refractivity contribution < 1.29 is 19.1 Å². The number of aromatic nitrogens is 2. The third-order valence-electron chi connectivity index (χ3n) is 4.65. The van der Waals surface area contributed by atoms with Crippen molar-refractivity contribution in [1.29, 1.82) is 0 Å². The highest BCUT2D eigenvalue weighted by Crippen LogP contribution is 2.26. The first-order valence-electron chi connectivity index (χ1n) is 9.77. The van der Waals surface area contributed by atoms with Gasteiger partial charge in [-0.2, -0.15) is 5.10 Å². The number of nitrogens with one attached hydrogen (secondary N) is 1. The van der Waals surface area contributed by atoms with Crippen LogP contribution in [0.15, 0.2) is 60.7 Å². The van der Waals surface area contributed by atoms with E-state index in [1.54, 1.807) is 17.9 Å². The lowest BCUT2D eigenvalue weighted by Gasteiger charge is -2.08. The van der Waals surface area contributed by atoms with Crippen LogP contribution in [0.3, 0.4) is 0 Å². The molecule has 3 aromatic rings. The van der Waals surface area contributed by atoms with E-state index < -0.39 is 0 Å². The molecule has 0 aliphatic rings. The van der Waals surface area contributed by atoms with Crippen molar-refractivity contribution in [3.63, 3.8) is 0 Å². The SMILES string of the molecule is COC(=O)CCCCNC(=O)c1cc(-c2ccc(OC)cc2)n(-c2ccccc2)n1. The number of para-hydroxylation sites is 1. The molecule has 3 rings (SSSR count). The van der Waals surface area contributed by atoms with Gasteiger partial charge in [-0.1, -0.05) is 18.2 Å². The van der Waals surface area contributed by atoms with Crippen molar-refractivity contribution in [3.8, 4) is 22.7 Å². The summed E-state index contributed by atoms with van der Waals surface area (Å²) in [5, 5.41) is 7.40. The molecule has 0 fully saturated rings. The number of esters is 1. The summed E-state index contributed by atoms with van der Waals surface area (Å²) in [5.74, 6) is 0.263. The summed E-state index contributed by atoms with van der Waals surface area (Å²) in [6, 6.07) is 19.1. The molecule has 0 bridgehead atoms. The molecular weight excluding hydrogens is 382 g/mol. The second-order valence-electron chi connectivity index (χ2n) is 6.68. The Morgan fingerprint density at radius 2 is 1.73 bits per heavy atom. The minimum atomic E-state index is -0.252. The van der Waals surface area contributed by atoms with Crippen LogP contribution in [0.4, 0.5) is 0 Å². The molecular formula is C23H25N3O4. The van der Waals surface area contributed by atoms with Gasteiger partial charge in [-0.3, -0.25) is 9.59 Å². The Hall–Kier alpha value is -3.61. The number of rotatable bonds is 9. The lowest BCUT2D eigenvalue weighted by molar-refractivity contribution is -0.140. The van der Waals surface area contributed by atoms with E-state index in [1.807, 2.05) is 54.6 Å². The Labute approximate surface area is 175 Å². The Morgan fingerprint density at radius 1 is 1.00 bits per heavy atom. The second-order valence-corrected chi connectivity index (χ2v) is 6.68. The first kappa shape index (κ1) is 21.1. The number of hydrogen-bond acceptors (Lipinski definition) is 5. The van der Waals surface area contributed by atoms with E-state index in [2.05, 4.69) is 15.2 Å². The number of amides is 1. The average molecular weight is 407 g/mol. The van der Waals surface area contributed by atoms with Crippen LogP contribution in [0.1, 0.15) is 29.8 Å². The summed E-state index contributed by atoms with van der Waals surface area (Å²) in [4.78, 5) is 23.8. The van der Waals surface area contributed by atoms with Gasteiger partial charge in [0.15, 0.2) is 5.69 Å². The van der Waals surface area contributed by atoms with E-state index in [-0.39, 0.29) is 11.9 Å². The van der Waals surface area contributed by atoms with E-state index in [0.29, 0.717) is 31.5 Å². The molecule has 1 amide bonds. The van der Waals surface area contributed by atoms with Gasteiger partial charge in [-0.15, -0.1) is 0 Å². The first-order chi connectivity index (χ1) is 14.6. The highest BCUT2D eigenvalue weighted by atomic mass is 16.5. The third-order valence-corrected chi connectivity index (χ3v) is 4.65. The van der Waals surface area contributed by atoms with Gasteiger partial charge in [-0.05, 0) is 55.3 Å². The summed E-state index contributed by atoms with van der Waals surface area (Å²) >= 11 is 0. The molecule has 1 N–H and O–H groups in total. The van der Waals surface area contributed by atoms with Crippen LogP contribution in [-0.2, 0) is 9.53 Å². The van der Waals surface area contributed by atoms with E-state index in [0.717, 1.165) is 22.7 Å². The molecule has 0 unspecified atom stereocenters. The molecule has 1 aromatic heterocycles. The van der Waals surface area contributed by atoms with Gasteiger partial charge in [0, 0.05) is 18.5 Å². The number of carbonyl (C=O) groups excluding carboxylic acids is 2. The Kier molecular flexibility index (Phi) is 7.21. The summed E-state index contributed by atoms with van der Waals surface area (Å²) < 4.78 is 11.6. The van der Waals surface area contributed by atoms with Crippen LogP contribution in [-0.4, -0.2) is 42.4 Å². The minimum absolute atomic E-state index is 0.243. The molecule has 7 nitrogen and oxygen atoms in total. The monoisotopic (exact) mass is 407 g/mol. The predicted molar refractivity (Wildman–Crippen MR) is 114 cm³/mol. The highest BCUT2D eigenvalue weighted by Gasteiger charge is 2.16. The molecule has 0 radical (unpaired) electrons. The average Bonchev–Trinajstić information content (AvgIpc) is 3.25. The van der Waals surface area contributed by atoms with Crippen LogP contribution in [0.5, 0.6) is 5.75 Å². The maximum absolute atomic E-state index is 12.6. The topological polar surface area (TPSA) is 82.5 Å². The van der Waals surface area contributed by atoms with Crippen LogP contribution >= 0.6 is 0 Å². The van der Waals surface area contributed by atoms with Gasteiger partial charge in [0.25, 0.3) is 5.91 Å². The molecule has 0 spiro atoms. The standard InChI is InChI=1S/C23H25N3O4/c1-29-19-13-11-17(12-14-19)21-16-20(25-26(21)18-8-4-3-5-9-18)23(28)24-15-7-6-10-22(27)30-2/h3-5,8-9,11-14,16H,6-7,10,15H2,1-2H3,(H,24,28). The molecule has 156 valence electrons. The van der Waals surface area contributed by atoms with Crippen molar-refractivity contribution in [2.45, 2.75) is 19.3 Å². The largest absolute Gasteiger partial charge is 0.497 e. The van der Waals surface area contributed by atoms with Crippen molar-refractivity contribution in [1.82, 2.24) is 15.1 Å². The van der Waals surface area contributed by atoms with Gasteiger partial charge in [-0.25, -0.2) is 4.68 Å². The molecule has 1 heterocycles. The molecule has 0 aliphatic heterocycles. The first-order valence-corrected chi connectivity index (χ1v) is 9.77. The Bertz CT molecular complexity index is 981. The number of carbonyl (C=O) groups is 2. The Balaban J connectivity index is 1.77. The van der Waals surface area contributed by atoms with Crippen molar-refractivity contribution in [2.75, 3.05) is 20.8 Å². The van der Waals surface area contributed by atoms with E-state index in [9.17, 15) is 9.59 Å². The molecule has 0 atom stereocenters. The summed E-state index contributed by atoms with van der Waals surface area (Å²) in [6.45, 7) is 0.464. The molecule has 0 saturated heterocycles. The van der Waals surface area contributed by atoms with Crippen LogP contribution in [0.2, 0.25) is 0 Å². The molecule has 30 heavy (non-hydrogen) atoms. The number of hydrogen-bond donors (Lipinski definition) is 1. The molecule has 0 aliphatic carbocycles. The smallest absolute Gasteiger partial charge is 0.305 e. The van der Waals surface area contributed by atoms with Crippen LogP contribution in [0.25, 0.3) is 16.9 Å². The van der Waals surface area contributed by atoms with Gasteiger partial charge in [0.05, 0.1) is 25.6 Å². The fourth-order valence-electron chi connectivity index (χ4n) is 3.01. The van der Waals surface area contributed by atoms with E-state index in [4.69, 9.17) is 4.74 Å². The lowest BCUT2D eigenvalue weighted by Crippen LogP contribution is -2.25. The highest BCUT2D eigenvalue weighted by molar-refractivity contribution is 5.93. The predicted octanol–water partition coefficient (Wildman–Crippen LogP) is 3.62. The maximum atomic E-state index is 12.6. The Morgan fingerprint density at radius 3 is 2.40 bits per heavy atom. The number of methoxy groups -OCH3 is 2. The zero-order valence-corrected chi connectivity index (χ0v) is 17.1. The lowest BCUT2D eigenvalue weighted by atomic mass is 10.1. The fourth-order valence-corrected chi connectivity index (χ4v) is 3.01. The molecule has 2 aromatic carbocycles. The minimum Gasteiger partial charge on any atom is -0.497 e. The van der Waals surface area contributed by atoms with Crippen molar-refractivity contribution >= 4 is 11.9 Å². The summed E-state index contributed by atoms with van der Waals surface area (Å²) in [6.07, 6.45) is 1.69.